The number of rotatable bonds is 1. The van der Waals surface area contributed by atoms with Crippen LogP contribution in [0.15, 0.2) is 34.7 Å². The van der Waals surface area contributed by atoms with E-state index in [2.05, 4.69) is 26.8 Å². The molecule has 92 valence electrons. The number of allylic oxidation sites excluding steroid dienone is 1. The molecule has 1 fully saturated rings. The smallest absolute Gasteiger partial charge is 0.0995 e. The van der Waals surface area contributed by atoms with Gasteiger partial charge in [0, 0.05) is 11.5 Å². The van der Waals surface area contributed by atoms with Crippen molar-refractivity contribution in [1.82, 2.24) is 0 Å². The quantitative estimate of drug-likeness (QED) is 0.752. The van der Waals surface area contributed by atoms with Crippen molar-refractivity contribution >= 4 is 0 Å². The van der Waals surface area contributed by atoms with Gasteiger partial charge in [-0.1, -0.05) is 25.5 Å². The van der Waals surface area contributed by atoms with E-state index in [4.69, 9.17) is 4.42 Å². The van der Waals surface area contributed by atoms with Gasteiger partial charge in [-0.15, -0.1) is 0 Å². The van der Waals surface area contributed by atoms with Crippen molar-refractivity contribution in [2.24, 2.45) is 17.3 Å². The third-order valence-corrected chi connectivity index (χ3v) is 4.85. The molecule has 0 saturated heterocycles. The first kappa shape index (κ1) is 11.1. The van der Waals surface area contributed by atoms with Crippen LogP contribution in [-0.2, 0) is 5.60 Å². The first-order chi connectivity index (χ1) is 7.93. The highest BCUT2D eigenvalue weighted by molar-refractivity contribution is 5.30. The van der Waals surface area contributed by atoms with Crippen LogP contribution in [0.1, 0.15) is 39.2 Å². The molecule has 1 aromatic heterocycles. The van der Waals surface area contributed by atoms with Gasteiger partial charge in [0.05, 0.1) is 18.1 Å². The average Bonchev–Trinajstić information content (AvgIpc) is 2.74. The summed E-state index contributed by atoms with van der Waals surface area (Å²) in [5.74, 6) is 0.701. The highest BCUT2D eigenvalue weighted by Gasteiger charge is 2.53. The molecule has 2 bridgehead atoms. The summed E-state index contributed by atoms with van der Waals surface area (Å²) in [6.07, 6.45) is 7.49. The van der Waals surface area contributed by atoms with Gasteiger partial charge >= 0.3 is 0 Å². The number of hydrogen-bond donors (Lipinski definition) is 1. The number of aliphatic hydroxyl groups is 1. The van der Waals surface area contributed by atoms with Crippen molar-refractivity contribution in [3.63, 3.8) is 0 Å². The minimum Gasteiger partial charge on any atom is -0.472 e. The summed E-state index contributed by atoms with van der Waals surface area (Å²) in [7, 11) is 0. The van der Waals surface area contributed by atoms with Crippen molar-refractivity contribution in [3.8, 4) is 0 Å². The normalized spacial score (nSPS) is 39.2. The first-order valence-corrected chi connectivity index (χ1v) is 6.37. The fourth-order valence-corrected chi connectivity index (χ4v) is 3.87. The average molecular weight is 232 g/mol. The minimum atomic E-state index is -0.716. The molecule has 3 aliphatic rings. The van der Waals surface area contributed by atoms with Gasteiger partial charge in [-0.3, -0.25) is 0 Å². The molecular formula is C15H20O2. The Hall–Kier alpha value is -1.02. The molecule has 0 radical (unpaired) electrons. The van der Waals surface area contributed by atoms with Crippen LogP contribution in [0.5, 0.6) is 0 Å². The lowest BCUT2D eigenvalue weighted by molar-refractivity contribution is -0.0986. The molecule has 1 heterocycles. The molecule has 0 aromatic carbocycles. The Bertz CT molecular complexity index is 455. The van der Waals surface area contributed by atoms with Gasteiger partial charge in [0.25, 0.3) is 0 Å². The third kappa shape index (κ3) is 1.43. The highest BCUT2D eigenvalue weighted by atomic mass is 16.3. The van der Waals surface area contributed by atoms with Crippen LogP contribution < -0.4 is 0 Å². The Balaban J connectivity index is 2.05. The summed E-state index contributed by atoms with van der Waals surface area (Å²) in [6.45, 7) is 6.83. The van der Waals surface area contributed by atoms with Crippen LogP contribution >= 0.6 is 0 Å². The molecule has 2 heteroatoms. The van der Waals surface area contributed by atoms with E-state index in [0.717, 1.165) is 18.4 Å². The lowest BCUT2D eigenvalue weighted by atomic mass is 9.52. The molecule has 0 unspecified atom stereocenters. The highest BCUT2D eigenvalue weighted by Crippen LogP contribution is 2.58. The maximum Gasteiger partial charge on any atom is 0.0995 e. The lowest BCUT2D eigenvalue weighted by Gasteiger charge is -2.54. The Labute approximate surface area is 102 Å². The van der Waals surface area contributed by atoms with Crippen molar-refractivity contribution in [2.75, 3.05) is 0 Å². The maximum absolute atomic E-state index is 11.0. The molecule has 0 aliphatic heterocycles. The zero-order valence-electron chi connectivity index (χ0n) is 10.7. The topological polar surface area (TPSA) is 33.4 Å². The van der Waals surface area contributed by atoms with Gasteiger partial charge in [-0.05, 0) is 37.2 Å². The molecule has 3 aliphatic carbocycles. The summed E-state index contributed by atoms with van der Waals surface area (Å²) >= 11 is 0. The van der Waals surface area contributed by atoms with Gasteiger partial charge < -0.3 is 9.52 Å². The lowest BCUT2D eigenvalue weighted by Crippen LogP contribution is -2.50. The molecule has 3 atom stereocenters. The van der Waals surface area contributed by atoms with Crippen LogP contribution in [0, 0.1) is 17.3 Å². The van der Waals surface area contributed by atoms with Crippen LogP contribution in [0.3, 0.4) is 0 Å². The Kier molecular flexibility index (Phi) is 2.13. The minimum absolute atomic E-state index is 0.222. The monoisotopic (exact) mass is 232 g/mol. The van der Waals surface area contributed by atoms with Crippen LogP contribution in [0.4, 0.5) is 0 Å². The molecule has 1 saturated carbocycles. The summed E-state index contributed by atoms with van der Waals surface area (Å²) in [5, 5.41) is 11.0. The van der Waals surface area contributed by atoms with Crippen LogP contribution in [0.25, 0.3) is 0 Å². The molecule has 0 amide bonds. The molecule has 2 nitrogen and oxygen atoms in total. The fourth-order valence-electron chi connectivity index (χ4n) is 3.87. The zero-order chi connectivity index (χ0) is 12.3. The third-order valence-electron chi connectivity index (χ3n) is 4.85. The number of fused-ring (bicyclic) bond motifs is 2. The van der Waals surface area contributed by atoms with Crippen LogP contribution in [0.2, 0.25) is 0 Å². The fraction of sp³-hybridized carbons (Fsp3) is 0.600. The first-order valence-electron chi connectivity index (χ1n) is 6.37. The number of furan rings is 1. The molecular weight excluding hydrogens is 212 g/mol. The second-order valence-corrected chi connectivity index (χ2v) is 6.40. The van der Waals surface area contributed by atoms with Gasteiger partial charge in [0.15, 0.2) is 0 Å². The largest absolute Gasteiger partial charge is 0.472 e. The van der Waals surface area contributed by atoms with E-state index in [0.29, 0.717) is 11.3 Å². The van der Waals surface area contributed by atoms with Gasteiger partial charge in [-0.25, -0.2) is 0 Å². The van der Waals surface area contributed by atoms with Crippen molar-refractivity contribution in [3.05, 3.63) is 35.8 Å². The van der Waals surface area contributed by atoms with E-state index in [9.17, 15) is 5.11 Å². The summed E-state index contributed by atoms with van der Waals surface area (Å²) in [6, 6.07) is 1.90. The number of hydrogen-bond acceptors (Lipinski definition) is 2. The summed E-state index contributed by atoms with van der Waals surface area (Å²) < 4.78 is 5.14. The molecule has 0 spiro atoms. The Morgan fingerprint density at radius 2 is 2.12 bits per heavy atom. The second kappa shape index (κ2) is 3.26. The molecule has 1 aromatic rings. The van der Waals surface area contributed by atoms with Gasteiger partial charge in [0.2, 0.25) is 0 Å². The maximum atomic E-state index is 11.0. The van der Waals surface area contributed by atoms with E-state index >= 15 is 0 Å². The molecule has 4 rings (SSSR count). The standard InChI is InChI=1S/C15H20O2/c1-10-6-12-7-14(2,3)13(10)8-15(12,16)11-4-5-17-9-11/h4-6,9,12-13,16H,7-8H2,1-3H3/t12-,13+,15+/m1/s1. The Morgan fingerprint density at radius 1 is 1.35 bits per heavy atom. The SMILES string of the molecule is CC1=C[C@@H]2CC(C)(C)[C@H]1C[C@]2(O)c1ccoc1. The van der Waals surface area contributed by atoms with Gasteiger partial charge in [-0.2, -0.15) is 0 Å². The predicted molar refractivity (Wildman–Crippen MR) is 66.4 cm³/mol. The van der Waals surface area contributed by atoms with E-state index in [1.807, 2.05) is 6.07 Å². The molecule has 1 N–H and O–H groups in total. The van der Waals surface area contributed by atoms with Crippen molar-refractivity contribution in [1.29, 1.82) is 0 Å². The van der Waals surface area contributed by atoms with E-state index in [-0.39, 0.29) is 5.92 Å². The second-order valence-electron chi connectivity index (χ2n) is 6.40. The summed E-state index contributed by atoms with van der Waals surface area (Å²) in [5.41, 5.74) is 1.97. The van der Waals surface area contributed by atoms with E-state index < -0.39 is 5.60 Å². The summed E-state index contributed by atoms with van der Waals surface area (Å²) in [4.78, 5) is 0. The van der Waals surface area contributed by atoms with E-state index in [1.165, 1.54) is 5.57 Å². The zero-order valence-corrected chi connectivity index (χ0v) is 10.7. The van der Waals surface area contributed by atoms with Crippen molar-refractivity contribution < 1.29 is 9.52 Å². The van der Waals surface area contributed by atoms with Crippen molar-refractivity contribution in [2.45, 2.75) is 39.2 Å². The predicted octanol–water partition coefficient (Wildman–Crippen LogP) is 3.48. The van der Waals surface area contributed by atoms with E-state index in [1.54, 1.807) is 12.5 Å². The molecule has 17 heavy (non-hydrogen) atoms. The Morgan fingerprint density at radius 3 is 2.65 bits per heavy atom. The van der Waals surface area contributed by atoms with Crippen LogP contribution in [-0.4, -0.2) is 5.11 Å². The van der Waals surface area contributed by atoms with Gasteiger partial charge in [0.1, 0.15) is 0 Å².